The van der Waals surface area contributed by atoms with Crippen LogP contribution >= 0.6 is 23.2 Å². The number of benzene rings is 2. The Balaban J connectivity index is 1.70. The monoisotopic (exact) mass is 512 g/mol. The van der Waals surface area contributed by atoms with Crippen LogP contribution in [0.5, 0.6) is 5.75 Å². The molecule has 0 saturated carbocycles. The molecule has 9 heteroatoms. The predicted molar refractivity (Wildman–Crippen MR) is 132 cm³/mol. The Morgan fingerprint density at radius 2 is 1.94 bits per heavy atom. The SMILES string of the molecule is CC[C@H](NC(=O)[C@H]1CCCN(S(=O)(=O)Cc2c(Cl)cccc2Cl)C1)c1ccc(OC)c(C)c1. The van der Waals surface area contributed by atoms with Crippen LogP contribution in [-0.2, 0) is 20.6 Å². The van der Waals surface area contributed by atoms with Gasteiger partial charge in [0.15, 0.2) is 0 Å². The fourth-order valence-corrected chi connectivity index (χ4v) is 6.54. The zero-order chi connectivity index (χ0) is 24.2. The molecule has 0 unspecified atom stereocenters. The average Bonchev–Trinajstić information content (AvgIpc) is 2.80. The van der Waals surface area contributed by atoms with Crippen LogP contribution in [0.2, 0.25) is 10.0 Å². The molecule has 2 aromatic rings. The number of methoxy groups -OCH3 is 1. The number of sulfonamides is 1. The van der Waals surface area contributed by atoms with Gasteiger partial charge in [0.1, 0.15) is 5.75 Å². The summed E-state index contributed by atoms with van der Waals surface area (Å²) in [7, 11) is -2.05. The zero-order valence-electron chi connectivity index (χ0n) is 19.1. The molecule has 1 amide bonds. The molecular formula is C24H30Cl2N2O4S. The van der Waals surface area contributed by atoms with E-state index in [2.05, 4.69) is 5.32 Å². The van der Waals surface area contributed by atoms with Gasteiger partial charge in [0.2, 0.25) is 15.9 Å². The minimum absolute atomic E-state index is 0.133. The number of hydrogen-bond donors (Lipinski definition) is 1. The molecule has 180 valence electrons. The molecule has 1 N–H and O–H groups in total. The second-order valence-electron chi connectivity index (χ2n) is 8.35. The predicted octanol–water partition coefficient (Wildman–Crippen LogP) is 5.12. The van der Waals surface area contributed by atoms with E-state index in [4.69, 9.17) is 27.9 Å². The van der Waals surface area contributed by atoms with Gasteiger partial charge in [0.05, 0.1) is 24.8 Å². The smallest absolute Gasteiger partial charge is 0.224 e. The number of rotatable bonds is 8. The van der Waals surface area contributed by atoms with Gasteiger partial charge < -0.3 is 10.1 Å². The lowest BCUT2D eigenvalue weighted by Crippen LogP contribution is -2.46. The molecule has 0 spiro atoms. The molecular weight excluding hydrogens is 483 g/mol. The lowest BCUT2D eigenvalue weighted by atomic mass is 9.96. The number of carbonyl (C=O) groups is 1. The molecule has 1 fully saturated rings. The van der Waals surface area contributed by atoms with Crippen molar-refractivity contribution in [1.82, 2.24) is 9.62 Å². The van der Waals surface area contributed by atoms with E-state index < -0.39 is 15.9 Å². The average molecular weight is 513 g/mol. The van der Waals surface area contributed by atoms with Crippen molar-refractivity contribution in [3.8, 4) is 5.75 Å². The summed E-state index contributed by atoms with van der Waals surface area (Å²) >= 11 is 12.4. The number of hydrogen-bond acceptors (Lipinski definition) is 4. The number of nitrogens with zero attached hydrogens (tertiary/aromatic N) is 1. The van der Waals surface area contributed by atoms with Crippen LogP contribution in [0.1, 0.15) is 48.9 Å². The standard InChI is InChI=1S/C24H30Cl2N2O4S/c1-4-22(17-10-11-23(32-3)16(2)13-17)27-24(29)18-7-6-12-28(14-18)33(30,31)15-19-20(25)8-5-9-21(19)26/h5,8-11,13,18,22H,4,6-7,12,14-15H2,1-3H3,(H,27,29)/t18-,22-/m0/s1. The van der Waals surface area contributed by atoms with Crippen LogP contribution in [-0.4, -0.2) is 38.8 Å². The molecule has 0 aliphatic carbocycles. The molecule has 1 aliphatic rings. The molecule has 3 rings (SSSR count). The minimum Gasteiger partial charge on any atom is -0.496 e. The Hall–Kier alpha value is -1.80. The summed E-state index contributed by atoms with van der Waals surface area (Å²) in [4.78, 5) is 13.1. The highest BCUT2D eigenvalue weighted by molar-refractivity contribution is 7.88. The Kier molecular flexibility index (Phi) is 8.67. The van der Waals surface area contributed by atoms with Crippen LogP contribution in [0.25, 0.3) is 0 Å². The van der Waals surface area contributed by atoms with Gasteiger partial charge in [-0.25, -0.2) is 12.7 Å². The van der Waals surface area contributed by atoms with E-state index in [9.17, 15) is 13.2 Å². The van der Waals surface area contributed by atoms with Crippen molar-refractivity contribution in [3.63, 3.8) is 0 Å². The Morgan fingerprint density at radius 1 is 1.24 bits per heavy atom. The number of carbonyl (C=O) groups excluding carboxylic acids is 1. The van der Waals surface area contributed by atoms with Gasteiger partial charge in [-0.1, -0.05) is 48.3 Å². The van der Waals surface area contributed by atoms with E-state index in [1.54, 1.807) is 25.3 Å². The molecule has 1 aliphatic heterocycles. The lowest BCUT2D eigenvalue weighted by molar-refractivity contribution is -0.126. The zero-order valence-corrected chi connectivity index (χ0v) is 21.4. The third-order valence-corrected chi connectivity index (χ3v) is 8.56. The molecule has 1 heterocycles. The second kappa shape index (κ2) is 11.1. The van der Waals surface area contributed by atoms with E-state index in [-0.39, 0.29) is 24.2 Å². The number of piperidine rings is 1. The lowest BCUT2D eigenvalue weighted by Gasteiger charge is -2.32. The Morgan fingerprint density at radius 3 is 2.55 bits per heavy atom. The van der Waals surface area contributed by atoms with Crippen molar-refractivity contribution in [2.24, 2.45) is 5.92 Å². The van der Waals surface area contributed by atoms with Gasteiger partial charge in [-0.2, -0.15) is 0 Å². The molecule has 0 radical (unpaired) electrons. The number of ether oxygens (including phenoxy) is 1. The molecule has 0 aromatic heterocycles. The normalized spacial score (nSPS) is 18.0. The first-order valence-corrected chi connectivity index (χ1v) is 13.4. The largest absolute Gasteiger partial charge is 0.496 e. The molecule has 33 heavy (non-hydrogen) atoms. The van der Waals surface area contributed by atoms with Crippen LogP contribution in [0, 0.1) is 12.8 Å². The van der Waals surface area contributed by atoms with Crippen molar-refractivity contribution in [2.45, 2.75) is 44.9 Å². The van der Waals surface area contributed by atoms with Crippen LogP contribution in [0.3, 0.4) is 0 Å². The first-order valence-electron chi connectivity index (χ1n) is 11.0. The van der Waals surface area contributed by atoms with Crippen molar-refractivity contribution >= 4 is 39.1 Å². The van der Waals surface area contributed by atoms with E-state index >= 15 is 0 Å². The van der Waals surface area contributed by atoms with E-state index in [0.29, 0.717) is 35.0 Å². The summed E-state index contributed by atoms with van der Waals surface area (Å²) in [6.07, 6.45) is 1.98. The van der Waals surface area contributed by atoms with Gasteiger partial charge in [-0.05, 0) is 55.5 Å². The summed E-state index contributed by atoms with van der Waals surface area (Å²) in [6.45, 7) is 4.50. The fraction of sp³-hybridized carbons (Fsp3) is 0.458. The van der Waals surface area contributed by atoms with E-state index in [0.717, 1.165) is 23.3 Å². The first-order chi connectivity index (χ1) is 15.7. The number of aryl methyl sites for hydroxylation is 1. The fourth-order valence-electron chi connectivity index (χ4n) is 4.18. The Labute approximate surface area is 206 Å². The number of amides is 1. The highest BCUT2D eigenvalue weighted by atomic mass is 35.5. The minimum atomic E-state index is -3.68. The number of nitrogens with one attached hydrogen (secondary N) is 1. The highest BCUT2D eigenvalue weighted by Gasteiger charge is 2.33. The molecule has 1 saturated heterocycles. The van der Waals surface area contributed by atoms with Crippen molar-refractivity contribution in [1.29, 1.82) is 0 Å². The molecule has 6 nitrogen and oxygen atoms in total. The molecule has 0 bridgehead atoms. The first kappa shape index (κ1) is 25.8. The third kappa shape index (κ3) is 6.21. The third-order valence-electron chi connectivity index (χ3n) is 6.08. The van der Waals surface area contributed by atoms with Crippen molar-refractivity contribution < 1.29 is 17.9 Å². The van der Waals surface area contributed by atoms with Crippen molar-refractivity contribution in [2.75, 3.05) is 20.2 Å². The van der Waals surface area contributed by atoms with Gasteiger partial charge >= 0.3 is 0 Å². The maximum absolute atomic E-state index is 13.1. The summed E-state index contributed by atoms with van der Waals surface area (Å²) < 4.78 is 32.9. The quantitative estimate of drug-likeness (QED) is 0.532. The van der Waals surface area contributed by atoms with Crippen molar-refractivity contribution in [3.05, 3.63) is 63.1 Å². The van der Waals surface area contributed by atoms with Gasteiger partial charge in [0, 0.05) is 28.7 Å². The number of halogens is 2. The van der Waals surface area contributed by atoms with Crippen LogP contribution in [0.4, 0.5) is 0 Å². The summed E-state index contributed by atoms with van der Waals surface area (Å²) in [5.74, 6) is -0.0379. The Bertz CT molecular complexity index is 1090. The van der Waals surface area contributed by atoms with E-state index in [1.807, 2.05) is 32.0 Å². The van der Waals surface area contributed by atoms with Gasteiger partial charge in [-0.15, -0.1) is 0 Å². The summed E-state index contributed by atoms with van der Waals surface area (Å²) in [5, 5.41) is 3.75. The van der Waals surface area contributed by atoms with Gasteiger partial charge in [-0.3, -0.25) is 4.79 Å². The summed E-state index contributed by atoms with van der Waals surface area (Å²) in [5.41, 5.74) is 2.38. The molecule has 2 aromatic carbocycles. The highest BCUT2D eigenvalue weighted by Crippen LogP contribution is 2.30. The molecule has 2 atom stereocenters. The second-order valence-corrected chi connectivity index (χ2v) is 11.1. The van der Waals surface area contributed by atoms with E-state index in [1.165, 1.54) is 4.31 Å². The van der Waals surface area contributed by atoms with Crippen LogP contribution in [0.15, 0.2) is 36.4 Å². The topological polar surface area (TPSA) is 75.7 Å². The van der Waals surface area contributed by atoms with Crippen LogP contribution < -0.4 is 10.1 Å². The maximum atomic E-state index is 13.1. The van der Waals surface area contributed by atoms with Gasteiger partial charge in [0.25, 0.3) is 0 Å². The summed E-state index contributed by atoms with van der Waals surface area (Å²) in [6, 6.07) is 10.6. The maximum Gasteiger partial charge on any atom is 0.224 e.